The summed E-state index contributed by atoms with van der Waals surface area (Å²) in [6.07, 6.45) is 0. The zero-order valence-corrected chi connectivity index (χ0v) is 13.1. The number of benzene rings is 2. The van der Waals surface area contributed by atoms with Crippen molar-refractivity contribution in [2.75, 3.05) is 5.75 Å². The molecule has 0 N–H and O–H groups in total. The van der Waals surface area contributed by atoms with Crippen LogP contribution in [0.25, 0.3) is 16.6 Å². The normalized spacial score (nSPS) is 10.8. The van der Waals surface area contributed by atoms with Crippen LogP contribution >= 0.6 is 11.8 Å². The first-order chi connectivity index (χ1) is 11.1. The highest BCUT2D eigenvalue weighted by Gasteiger charge is 2.15. The lowest BCUT2D eigenvalue weighted by Gasteiger charge is -2.12. The second-order valence-corrected chi connectivity index (χ2v) is 5.99. The quantitative estimate of drug-likeness (QED) is 0.317. The maximum Gasteiger partial charge on any atom is 0.271 e. The Hall–Kier alpha value is -2.67. The van der Waals surface area contributed by atoms with E-state index in [2.05, 4.69) is 4.98 Å². The van der Waals surface area contributed by atoms with Crippen LogP contribution in [0.4, 0.5) is 5.69 Å². The van der Waals surface area contributed by atoms with Gasteiger partial charge in [-0.25, -0.2) is 4.98 Å². The van der Waals surface area contributed by atoms with Crippen molar-refractivity contribution in [1.82, 2.24) is 9.55 Å². The van der Waals surface area contributed by atoms with Gasteiger partial charge >= 0.3 is 0 Å². The Bertz CT molecular complexity index is 953. The van der Waals surface area contributed by atoms with Gasteiger partial charge in [0.1, 0.15) is 0 Å². The number of fused-ring (bicyclic) bond motifs is 1. The molecule has 1 aromatic heterocycles. The van der Waals surface area contributed by atoms with Gasteiger partial charge in [0.25, 0.3) is 11.2 Å². The van der Waals surface area contributed by atoms with Crippen LogP contribution in [0, 0.1) is 10.1 Å². The molecule has 0 radical (unpaired) electrons. The Morgan fingerprint density at radius 1 is 1.22 bits per heavy atom. The van der Waals surface area contributed by atoms with Crippen LogP contribution in [-0.2, 0) is 0 Å². The summed E-state index contributed by atoms with van der Waals surface area (Å²) in [5, 5.41) is 12.0. The van der Waals surface area contributed by atoms with Crippen molar-refractivity contribution >= 4 is 28.4 Å². The minimum atomic E-state index is -0.477. The summed E-state index contributed by atoms with van der Waals surface area (Å²) in [5.74, 6) is 0.736. The van der Waals surface area contributed by atoms with Crippen molar-refractivity contribution in [1.29, 1.82) is 0 Å². The van der Waals surface area contributed by atoms with Crippen LogP contribution in [0.3, 0.4) is 0 Å². The van der Waals surface area contributed by atoms with E-state index in [1.54, 1.807) is 30.3 Å². The Labute approximate surface area is 135 Å². The third-order valence-corrected chi connectivity index (χ3v) is 4.14. The summed E-state index contributed by atoms with van der Waals surface area (Å²) >= 11 is 1.42. The minimum absolute atomic E-state index is 0.0602. The molecule has 116 valence electrons. The van der Waals surface area contributed by atoms with Gasteiger partial charge in [0, 0.05) is 12.1 Å². The van der Waals surface area contributed by atoms with Gasteiger partial charge < -0.3 is 0 Å². The average Bonchev–Trinajstić information content (AvgIpc) is 2.55. The monoisotopic (exact) mass is 327 g/mol. The van der Waals surface area contributed by atoms with Gasteiger partial charge in [0.15, 0.2) is 5.16 Å². The highest BCUT2D eigenvalue weighted by Crippen LogP contribution is 2.23. The minimum Gasteiger partial charge on any atom is -0.268 e. The molecule has 0 aliphatic rings. The van der Waals surface area contributed by atoms with Crippen LogP contribution in [0.2, 0.25) is 0 Å². The number of aromatic nitrogens is 2. The van der Waals surface area contributed by atoms with Gasteiger partial charge in [-0.3, -0.25) is 19.5 Å². The third-order valence-electron chi connectivity index (χ3n) is 3.32. The van der Waals surface area contributed by atoms with E-state index in [-0.39, 0.29) is 11.2 Å². The molecule has 0 bridgehead atoms. The Morgan fingerprint density at radius 3 is 2.74 bits per heavy atom. The molecule has 2 aromatic carbocycles. The van der Waals surface area contributed by atoms with E-state index >= 15 is 0 Å². The molecule has 0 unspecified atom stereocenters. The van der Waals surface area contributed by atoms with Crippen molar-refractivity contribution < 1.29 is 4.92 Å². The van der Waals surface area contributed by atoms with Crippen LogP contribution < -0.4 is 5.56 Å². The summed E-state index contributed by atoms with van der Waals surface area (Å²) in [7, 11) is 0. The molecule has 0 saturated carbocycles. The number of nitro benzene ring substituents is 1. The molecular formula is C16H13N3O3S. The first-order valence-corrected chi connectivity index (χ1v) is 8.00. The summed E-state index contributed by atoms with van der Waals surface area (Å²) in [6.45, 7) is 1.96. The highest BCUT2D eigenvalue weighted by molar-refractivity contribution is 7.99. The van der Waals surface area contributed by atoms with Crippen LogP contribution in [-0.4, -0.2) is 20.2 Å². The fraction of sp³-hybridized carbons (Fsp3) is 0.125. The molecule has 0 aliphatic carbocycles. The van der Waals surface area contributed by atoms with E-state index in [0.29, 0.717) is 21.7 Å². The van der Waals surface area contributed by atoms with Crippen LogP contribution in [0.1, 0.15) is 6.92 Å². The first-order valence-electron chi connectivity index (χ1n) is 7.01. The number of nitrogens with zero attached hydrogens (tertiary/aromatic N) is 3. The SMILES string of the molecule is CCSc1nc2ccccc2c(=O)n1-c1cccc([N+](=O)[O-])c1. The van der Waals surface area contributed by atoms with Gasteiger partial charge in [0.2, 0.25) is 0 Å². The van der Waals surface area contributed by atoms with E-state index in [4.69, 9.17) is 0 Å². The van der Waals surface area contributed by atoms with E-state index < -0.39 is 4.92 Å². The molecule has 0 saturated heterocycles. The van der Waals surface area contributed by atoms with Crippen molar-refractivity contribution in [3.63, 3.8) is 0 Å². The largest absolute Gasteiger partial charge is 0.271 e. The van der Waals surface area contributed by atoms with Crippen molar-refractivity contribution in [2.45, 2.75) is 12.1 Å². The predicted octanol–water partition coefficient (Wildman–Crippen LogP) is 3.41. The number of nitro groups is 1. The summed E-state index contributed by atoms with van der Waals surface area (Å²) < 4.78 is 1.43. The number of hydrogen-bond acceptors (Lipinski definition) is 5. The van der Waals surface area contributed by atoms with Crippen molar-refractivity contribution in [2.24, 2.45) is 0 Å². The van der Waals surface area contributed by atoms with E-state index in [1.807, 2.05) is 13.0 Å². The summed E-state index contributed by atoms with van der Waals surface area (Å²) in [4.78, 5) is 27.9. The highest BCUT2D eigenvalue weighted by atomic mass is 32.2. The molecule has 3 rings (SSSR count). The maximum absolute atomic E-state index is 12.8. The summed E-state index contributed by atoms with van der Waals surface area (Å²) in [6, 6.07) is 13.1. The standard InChI is InChI=1S/C16H13N3O3S/c1-2-23-16-17-14-9-4-3-8-13(14)15(20)18(16)11-6-5-7-12(10-11)19(21)22/h3-10H,2H2,1H3. The fourth-order valence-electron chi connectivity index (χ4n) is 2.31. The lowest BCUT2D eigenvalue weighted by atomic mass is 10.2. The van der Waals surface area contributed by atoms with Crippen LogP contribution in [0.5, 0.6) is 0 Å². The Morgan fingerprint density at radius 2 is 2.00 bits per heavy atom. The van der Waals surface area contributed by atoms with Gasteiger partial charge in [-0.2, -0.15) is 0 Å². The second-order valence-electron chi connectivity index (χ2n) is 4.76. The van der Waals surface area contributed by atoms with Crippen molar-refractivity contribution in [3.8, 4) is 5.69 Å². The molecule has 1 heterocycles. The van der Waals surface area contributed by atoms with E-state index in [1.165, 1.54) is 28.5 Å². The molecular weight excluding hydrogens is 314 g/mol. The Balaban J connectivity index is 2.33. The van der Waals surface area contributed by atoms with Gasteiger partial charge in [-0.05, 0) is 24.0 Å². The van der Waals surface area contributed by atoms with Gasteiger partial charge in [-0.1, -0.05) is 36.9 Å². The predicted molar refractivity (Wildman–Crippen MR) is 90.4 cm³/mol. The first kappa shape index (κ1) is 15.2. The van der Waals surface area contributed by atoms with Crippen LogP contribution in [0.15, 0.2) is 58.5 Å². The average molecular weight is 327 g/mol. The Kier molecular flexibility index (Phi) is 4.12. The molecule has 7 heteroatoms. The fourth-order valence-corrected chi connectivity index (χ4v) is 3.05. The van der Waals surface area contributed by atoms with Crippen molar-refractivity contribution in [3.05, 3.63) is 69.0 Å². The van der Waals surface area contributed by atoms with E-state index in [0.717, 1.165) is 5.75 Å². The summed E-state index contributed by atoms with van der Waals surface area (Å²) in [5.41, 5.74) is 0.774. The molecule has 0 aliphatic heterocycles. The smallest absolute Gasteiger partial charge is 0.268 e. The second kappa shape index (κ2) is 6.21. The maximum atomic E-state index is 12.8. The molecule has 23 heavy (non-hydrogen) atoms. The molecule has 0 fully saturated rings. The number of hydrogen-bond donors (Lipinski definition) is 0. The lowest BCUT2D eigenvalue weighted by Crippen LogP contribution is -2.21. The van der Waals surface area contributed by atoms with E-state index in [9.17, 15) is 14.9 Å². The number of thioether (sulfide) groups is 1. The topological polar surface area (TPSA) is 78.0 Å². The van der Waals surface area contributed by atoms with Gasteiger partial charge in [-0.15, -0.1) is 0 Å². The molecule has 0 spiro atoms. The molecule has 3 aromatic rings. The number of rotatable bonds is 4. The number of para-hydroxylation sites is 1. The number of non-ortho nitro benzene ring substituents is 1. The molecule has 6 nitrogen and oxygen atoms in total. The zero-order valence-electron chi connectivity index (χ0n) is 12.3. The van der Waals surface area contributed by atoms with Gasteiger partial charge in [0.05, 0.1) is 21.5 Å². The zero-order chi connectivity index (χ0) is 16.4. The molecule has 0 atom stereocenters. The third kappa shape index (κ3) is 2.83. The molecule has 0 amide bonds. The lowest BCUT2D eigenvalue weighted by molar-refractivity contribution is -0.384.